The number of amides is 2. The molecule has 0 bridgehead atoms. The maximum Gasteiger partial charge on any atom is 0.409 e. The minimum atomic E-state index is -1.13. The van der Waals surface area contributed by atoms with Crippen molar-refractivity contribution < 1.29 is 28.6 Å². The predicted octanol–water partition coefficient (Wildman–Crippen LogP) is 1.85. The summed E-state index contributed by atoms with van der Waals surface area (Å²) < 4.78 is 18.3. The van der Waals surface area contributed by atoms with Gasteiger partial charge < -0.3 is 30.2 Å². The van der Waals surface area contributed by atoms with E-state index in [1.165, 1.54) is 9.58 Å². The summed E-state index contributed by atoms with van der Waals surface area (Å²) in [5, 5.41) is 14.7. The minimum Gasteiger partial charge on any atom is -0.457 e. The number of rotatable bonds is 12. The summed E-state index contributed by atoms with van der Waals surface area (Å²) in [5.41, 5.74) is 6.28. The Balaban J connectivity index is 1.29. The van der Waals surface area contributed by atoms with Gasteiger partial charge in [0.25, 0.3) is 0 Å². The summed E-state index contributed by atoms with van der Waals surface area (Å²) in [4.78, 5) is 39.1. The molecule has 2 amide bonds. The Labute approximate surface area is 237 Å². The van der Waals surface area contributed by atoms with Crippen molar-refractivity contribution in [3.8, 4) is 0 Å². The van der Waals surface area contributed by atoms with E-state index in [2.05, 4.69) is 20.8 Å². The quantitative estimate of drug-likeness (QED) is 0.310. The maximum absolute atomic E-state index is 12.7. The molecule has 41 heavy (non-hydrogen) atoms. The van der Waals surface area contributed by atoms with Gasteiger partial charge in [-0.05, 0) is 42.0 Å². The lowest BCUT2D eigenvalue weighted by Gasteiger charge is -2.24. The molecule has 1 aliphatic rings. The standard InChI is InChI=1S/C28H35N7O6/c1-28(2,29)26(37)30-23(19-39-18-20-9-5-3-6-10-20)24-31-32-33-35(24)15-16-40-27(38)34-14-13-22(17-34)41-25(36)21-11-7-4-8-12-21/h3-12,22-23H,13-19,29H2,1-2H3,(H,30,37)/t22-,23-/m1/s1. The van der Waals surface area contributed by atoms with Crippen LogP contribution in [0.4, 0.5) is 4.79 Å². The number of hydrogen-bond acceptors (Lipinski definition) is 10. The van der Waals surface area contributed by atoms with Crippen molar-refractivity contribution in [3.63, 3.8) is 0 Å². The van der Waals surface area contributed by atoms with Gasteiger partial charge in [-0.25, -0.2) is 14.3 Å². The van der Waals surface area contributed by atoms with Crippen molar-refractivity contribution in [3.05, 3.63) is 77.6 Å². The van der Waals surface area contributed by atoms with E-state index in [1.807, 2.05) is 36.4 Å². The number of esters is 1. The van der Waals surface area contributed by atoms with Crippen LogP contribution in [0.5, 0.6) is 0 Å². The molecular formula is C28H35N7O6. The van der Waals surface area contributed by atoms with Crippen molar-refractivity contribution in [2.24, 2.45) is 5.73 Å². The lowest BCUT2D eigenvalue weighted by atomic mass is 10.1. The number of nitrogens with one attached hydrogen (secondary N) is 1. The number of benzene rings is 2. The number of aromatic nitrogens is 4. The normalized spacial score (nSPS) is 15.8. The van der Waals surface area contributed by atoms with Gasteiger partial charge in [0.15, 0.2) is 5.82 Å². The molecule has 0 aliphatic carbocycles. The van der Waals surface area contributed by atoms with Gasteiger partial charge in [0.2, 0.25) is 5.91 Å². The smallest absolute Gasteiger partial charge is 0.409 e. The van der Waals surface area contributed by atoms with Gasteiger partial charge in [0, 0.05) is 13.0 Å². The van der Waals surface area contributed by atoms with E-state index in [0.717, 1.165) is 5.56 Å². The Hall–Kier alpha value is -4.36. The van der Waals surface area contributed by atoms with Crippen LogP contribution in [-0.4, -0.2) is 81.0 Å². The molecule has 0 spiro atoms. The highest BCUT2D eigenvalue weighted by atomic mass is 16.6. The van der Waals surface area contributed by atoms with Crippen LogP contribution < -0.4 is 11.1 Å². The largest absolute Gasteiger partial charge is 0.457 e. The van der Waals surface area contributed by atoms with Crippen LogP contribution in [0.3, 0.4) is 0 Å². The van der Waals surface area contributed by atoms with Crippen LogP contribution in [0.1, 0.15) is 48.1 Å². The summed E-state index contributed by atoms with van der Waals surface area (Å²) in [5.74, 6) is -0.492. The lowest BCUT2D eigenvalue weighted by Crippen LogP contribution is -2.51. The van der Waals surface area contributed by atoms with Crippen molar-refractivity contribution in [1.29, 1.82) is 0 Å². The highest BCUT2D eigenvalue weighted by molar-refractivity contribution is 5.89. The van der Waals surface area contributed by atoms with Crippen LogP contribution in [0, 0.1) is 0 Å². The Bertz CT molecular complexity index is 1300. The fourth-order valence-electron chi connectivity index (χ4n) is 4.11. The third-order valence-electron chi connectivity index (χ3n) is 6.37. The number of nitrogens with two attached hydrogens (primary N) is 1. The second-order valence-electron chi connectivity index (χ2n) is 10.3. The van der Waals surface area contributed by atoms with E-state index in [-0.39, 0.29) is 26.3 Å². The molecular weight excluding hydrogens is 530 g/mol. The Morgan fingerprint density at radius 3 is 2.51 bits per heavy atom. The Morgan fingerprint density at radius 1 is 1.10 bits per heavy atom. The van der Waals surface area contributed by atoms with E-state index in [4.69, 9.17) is 19.9 Å². The Kier molecular flexibility index (Phi) is 9.98. The monoisotopic (exact) mass is 565 g/mol. The van der Waals surface area contributed by atoms with Gasteiger partial charge in [-0.15, -0.1) is 5.10 Å². The van der Waals surface area contributed by atoms with Gasteiger partial charge in [-0.3, -0.25) is 4.79 Å². The highest BCUT2D eigenvalue weighted by Gasteiger charge is 2.31. The molecule has 0 unspecified atom stereocenters. The van der Waals surface area contributed by atoms with Crippen LogP contribution in [0.2, 0.25) is 0 Å². The van der Waals surface area contributed by atoms with Crippen molar-refractivity contribution >= 4 is 18.0 Å². The Morgan fingerprint density at radius 2 is 1.80 bits per heavy atom. The first-order valence-electron chi connectivity index (χ1n) is 13.4. The molecule has 3 aromatic rings. The molecule has 2 aromatic carbocycles. The van der Waals surface area contributed by atoms with E-state index in [0.29, 0.717) is 31.0 Å². The molecule has 1 aromatic heterocycles. The molecule has 4 rings (SSSR count). The third-order valence-corrected chi connectivity index (χ3v) is 6.37. The minimum absolute atomic E-state index is 0.0181. The lowest BCUT2D eigenvalue weighted by molar-refractivity contribution is -0.126. The predicted molar refractivity (Wildman–Crippen MR) is 146 cm³/mol. The van der Waals surface area contributed by atoms with Gasteiger partial charge >= 0.3 is 12.1 Å². The van der Waals surface area contributed by atoms with Crippen molar-refractivity contribution in [1.82, 2.24) is 30.4 Å². The van der Waals surface area contributed by atoms with Gasteiger partial charge in [-0.2, -0.15) is 0 Å². The second kappa shape index (κ2) is 13.8. The van der Waals surface area contributed by atoms with Crippen LogP contribution >= 0.6 is 0 Å². The molecule has 1 fully saturated rings. The fourth-order valence-corrected chi connectivity index (χ4v) is 4.11. The van der Waals surface area contributed by atoms with Gasteiger partial charge in [0.05, 0.1) is 37.4 Å². The number of tetrazole rings is 1. The average molecular weight is 566 g/mol. The fraction of sp³-hybridized carbons (Fsp3) is 0.429. The molecule has 13 heteroatoms. The zero-order valence-electron chi connectivity index (χ0n) is 23.1. The maximum atomic E-state index is 12.7. The number of ether oxygens (including phenoxy) is 3. The molecule has 3 N–H and O–H groups in total. The van der Waals surface area contributed by atoms with Gasteiger partial charge in [0.1, 0.15) is 18.8 Å². The van der Waals surface area contributed by atoms with E-state index < -0.39 is 35.7 Å². The first-order valence-corrected chi connectivity index (χ1v) is 13.4. The van der Waals surface area contributed by atoms with Crippen LogP contribution in [-0.2, 0) is 32.2 Å². The topological polar surface area (TPSA) is 164 Å². The summed E-state index contributed by atoms with van der Waals surface area (Å²) in [6, 6.07) is 17.6. The number of hydrogen-bond donors (Lipinski definition) is 2. The zero-order valence-corrected chi connectivity index (χ0v) is 23.1. The average Bonchev–Trinajstić information content (AvgIpc) is 3.63. The van der Waals surface area contributed by atoms with E-state index in [1.54, 1.807) is 38.1 Å². The molecule has 1 aliphatic heterocycles. The molecule has 2 heterocycles. The first kappa shape index (κ1) is 29.6. The molecule has 218 valence electrons. The number of carbonyl (C=O) groups is 3. The van der Waals surface area contributed by atoms with E-state index in [9.17, 15) is 14.4 Å². The number of nitrogens with zero attached hydrogens (tertiary/aromatic N) is 5. The summed E-state index contributed by atoms with van der Waals surface area (Å²) in [7, 11) is 0. The zero-order chi connectivity index (χ0) is 29.2. The summed E-state index contributed by atoms with van der Waals surface area (Å²) in [6.07, 6.45) is -0.417. The summed E-state index contributed by atoms with van der Waals surface area (Å²) in [6.45, 7) is 4.39. The van der Waals surface area contributed by atoms with Crippen molar-refractivity contribution in [2.45, 2.75) is 51.1 Å². The summed E-state index contributed by atoms with van der Waals surface area (Å²) >= 11 is 0. The van der Waals surface area contributed by atoms with E-state index >= 15 is 0 Å². The molecule has 0 radical (unpaired) electrons. The molecule has 1 saturated heterocycles. The molecule has 13 nitrogen and oxygen atoms in total. The second-order valence-corrected chi connectivity index (χ2v) is 10.3. The third kappa shape index (κ3) is 8.56. The van der Waals surface area contributed by atoms with Crippen LogP contribution in [0.25, 0.3) is 0 Å². The van der Waals surface area contributed by atoms with Crippen molar-refractivity contribution in [2.75, 3.05) is 26.3 Å². The number of likely N-dealkylation sites (tertiary alicyclic amines) is 1. The highest BCUT2D eigenvalue weighted by Crippen LogP contribution is 2.17. The van der Waals surface area contributed by atoms with Crippen LogP contribution in [0.15, 0.2) is 60.7 Å². The first-order chi connectivity index (χ1) is 19.7. The van der Waals surface area contributed by atoms with Gasteiger partial charge in [-0.1, -0.05) is 48.5 Å². The molecule has 0 saturated carbocycles. The molecule has 2 atom stereocenters. The number of carbonyl (C=O) groups excluding carboxylic acids is 3. The SMILES string of the molecule is CC(C)(N)C(=O)N[C@H](COCc1ccccc1)c1nnnn1CCOC(=O)N1CC[C@@H](OC(=O)c2ccccc2)C1.